The molecule has 0 saturated carbocycles. The molecule has 3 rings (SSSR count). The van der Waals surface area contributed by atoms with E-state index in [2.05, 4.69) is 15.1 Å². The van der Waals surface area contributed by atoms with Crippen LogP contribution in [0.25, 0.3) is 16.9 Å². The number of carboxylic acids is 1. The van der Waals surface area contributed by atoms with Gasteiger partial charge in [-0.05, 0) is 38.5 Å². The summed E-state index contributed by atoms with van der Waals surface area (Å²) in [5.74, 6) is -0.278. The molecule has 12 heteroatoms. The molecule has 2 aromatic heterocycles. The number of imidazole rings is 1. The lowest BCUT2D eigenvalue weighted by Crippen LogP contribution is -2.29. The van der Waals surface area contributed by atoms with E-state index in [1.807, 2.05) is 11.6 Å². The van der Waals surface area contributed by atoms with Crippen LogP contribution in [-0.2, 0) is 21.2 Å². The summed E-state index contributed by atoms with van der Waals surface area (Å²) in [6, 6.07) is 4.01. The van der Waals surface area contributed by atoms with E-state index in [-0.39, 0.29) is 16.3 Å². The number of aromatic amines is 1. The van der Waals surface area contributed by atoms with Crippen LogP contribution < -0.4 is 15.0 Å². The number of aromatic nitrogens is 4. The normalized spacial score (nSPS) is 11.7. The summed E-state index contributed by atoms with van der Waals surface area (Å²) >= 11 is 0. The lowest BCUT2D eigenvalue weighted by atomic mass is 10.2. The first-order valence-electron chi connectivity index (χ1n) is 9.65. The van der Waals surface area contributed by atoms with E-state index in [1.165, 1.54) is 22.7 Å². The number of hydrogen-bond donors (Lipinski definition) is 3. The highest BCUT2D eigenvalue weighted by Crippen LogP contribution is 2.30. The van der Waals surface area contributed by atoms with Crippen molar-refractivity contribution >= 4 is 21.5 Å². The zero-order valence-electron chi connectivity index (χ0n) is 17.3. The Morgan fingerprint density at radius 3 is 2.71 bits per heavy atom. The van der Waals surface area contributed by atoms with Crippen molar-refractivity contribution < 1.29 is 23.1 Å². The number of nitrogens with one attached hydrogen (secondary N) is 2. The Balaban J connectivity index is 2.20. The van der Waals surface area contributed by atoms with Crippen LogP contribution in [0, 0.1) is 6.92 Å². The Hall–Kier alpha value is -3.25. The summed E-state index contributed by atoms with van der Waals surface area (Å²) < 4.78 is 34.0. The molecule has 0 saturated heterocycles. The Morgan fingerprint density at radius 1 is 1.32 bits per heavy atom. The van der Waals surface area contributed by atoms with Gasteiger partial charge >= 0.3 is 5.97 Å². The maximum atomic E-state index is 12.7. The first kappa shape index (κ1) is 22.4. The fraction of sp³-hybridized carbons (Fsp3) is 0.368. The Morgan fingerprint density at radius 2 is 2.06 bits per heavy atom. The molecular weight excluding hydrogens is 426 g/mol. The van der Waals surface area contributed by atoms with Crippen LogP contribution in [0.15, 0.2) is 27.9 Å². The minimum Gasteiger partial charge on any atom is -0.493 e. The quantitative estimate of drug-likeness (QED) is 0.439. The van der Waals surface area contributed by atoms with Crippen LogP contribution in [-0.4, -0.2) is 52.2 Å². The highest BCUT2D eigenvalue weighted by molar-refractivity contribution is 7.89. The number of rotatable bonds is 9. The van der Waals surface area contributed by atoms with E-state index in [0.717, 1.165) is 6.42 Å². The second-order valence-electron chi connectivity index (χ2n) is 6.74. The van der Waals surface area contributed by atoms with Gasteiger partial charge in [-0.2, -0.15) is 4.72 Å². The number of hydrogen-bond acceptors (Lipinski definition) is 7. The van der Waals surface area contributed by atoms with E-state index >= 15 is 0 Å². The van der Waals surface area contributed by atoms with E-state index in [4.69, 9.17) is 9.84 Å². The molecule has 0 fully saturated rings. The second-order valence-corrected chi connectivity index (χ2v) is 8.50. The SMILES string of the molecule is CCCc1nc(C)c2c(=O)[nH]c(-c3cc(S(=O)(=O)NCC(=O)O)ccc3OCC)nn12. The summed E-state index contributed by atoms with van der Waals surface area (Å²) in [7, 11) is -4.11. The second kappa shape index (κ2) is 8.86. The third kappa shape index (κ3) is 4.59. The summed E-state index contributed by atoms with van der Waals surface area (Å²) in [5, 5.41) is 13.3. The lowest BCUT2D eigenvalue weighted by molar-refractivity contribution is -0.135. The standard InChI is InChI=1S/C19H23N5O6S/c1-4-6-15-21-11(3)17-19(27)22-18(23-24(15)17)13-9-12(7-8-14(13)30-5-2)31(28,29)20-10-16(25)26/h7-9,20H,4-6,10H2,1-3H3,(H,25,26)(H,22,23,27). The Labute approximate surface area is 178 Å². The van der Waals surface area contributed by atoms with Crippen LogP contribution in [0.1, 0.15) is 31.8 Å². The van der Waals surface area contributed by atoms with E-state index < -0.39 is 28.1 Å². The van der Waals surface area contributed by atoms with Crippen LogP contribution >= 0.6 is 0 Å². The number of ether oxygens (including phenoxy) is 1. The molecule has 0 amide bonds. The van der Waals surface area contributed by atoms with E-state index in [0.29, 0.717) is 35.8 Å². The molecule has 0 atom stereocenters. The monoisotopic (exact) mass is 449 g/mol. The molecule has 11 nitrogen and oxygen atoms in total. The fourth-order valence-corrected chi connectivity index (χ4v) is 4.13. The molecule has 0 radical (unpaired) electrons. The van der Waals surface area contributed by atoms with Crippen LogP contribution in [0.2, 0.25) is 0 Å². The summed E-state index contributed by atoms with van der Waals surface area (Å²) in [6.07, 6.45) is 1.41. The van der Waals surface area contributed by atoms with Gasteiger partial charge in [-0.25, -0.2) is 17.9 Å². The zero-order valence-corrected chi connectivity index (χ0v) is 18.1. The fourth-order valence-electron chi connectivity index (χ4n) is 3.13. The minimum absolute atomic E-state index is 0.103. The van der Waals surface area contributed by atoms with Crippen molar-refractivity contribution in [2.24, 2.45) is 0 Å². The van der Waals surface area contributed by atoms with Gasteiger partial charge in [-0.3, -0.25) is 9.59 Å². The predicted octanol–water partition coefficient (Wildman–Crippen LogP) is 1.11. The van der Waals surface area contributed by atoms with Gasteiger partial charge in [0.05, 0.1) is 22.8 Å². The number of aliphatic carboxylic acids is 1. The number of aryl methyl sites for hydroxylation is 2. The molecule has 0 bridgehead atoms. The molecule has 1 aromatic carbocycles. The van der Waals surface area contributed by atoms with E-state index in [1.54, 1.807) is 13.8 Å². The summed E-state index contributed by atoms with van der Waals surface area (Å²) in [5.41, 5.74) is 0.685. The highest BCUT2D eigenvalue weighted by atomic mass is 32.2. The van der Waals surface area contributed by atoms with Crippen molar-refractivity contribution in [3.63, 3.8) is 0 Å². The van der Waals surface area contributed by atoms with Crippen LogP contribution in [0.4, 0.5) is 0 Å². The van der Waals surface area contributed by atoms with Crippen molar-refractivity contribution in [2.45, 2.75) is 38.5 Å². The van der Waals surface area contributed by atoms with Crippen LogP contribution in [0.3, 0.4) is 0 Å². The van der Waals surface area contributed by atoms with E-state index in [9.17, 15) is 18.0 Å². The average Bonchev–Trinajstić information content (AvgIpc) is 3.03. The molecule has 31 heavy (non-hydrogen) atoms. The van der Waals surface area contributed by atoms with Gasteiger partial charge in [0, 0.05) is 6.42 Å². The number of benzene rings is 1. The molecule has 3 N–H and O–H groups in total. The number of fused-ring (bicyclic) bond motifs is 1. The van der Waals surface area contributed by atoms with Gasteiger partial charge in [0.15, 0.2) is 11.3 Å². The average molecular weight is 449 g/mol. The number of nitrogens with zero attached hydrogens (tertiary/aromatic N) is 3. The Bertz CT molecular complexity index is 1300. The van der Waals surface area contributed by atoms with Crippen LogP contribution in [0.5, 0.6) is 5.75 Å². The molecule has 2 heterocycles. The zero-order chi connectivity index (χ0) is 22.8. The number of H-pyrrole nitrogens is 1. The third-order valence-corrected chi connectivity index (χ3v) is 5.84. The molecule has 0 unspecified atom stereocenters. The van der Waals surface area contributed by atoms with Gasteiger partial charge < -0.3 is 14.8 Å². The smallest absolute Gasteiger partial charge is 0.318 e. The predicted molar refractivity (Wildman–Crippen MR) is 112 cm³/mol. The topological polar surface area (TPSA) is 156 Å². The largest absolute Gasteiger partial charge is 0.493 e. The first-order chi connectivity index (χ1) is 14.7. The third-order valence-electron chi connectivity index (χ3n) is 4.45. The van der Waals surface area contributed by atoms with Crippen molar-refractivity contribution in [1.29, 1.82) is 0 Å². The molecule has 166 valence electrons. The Kier molecular flexibility index (Phi) is 6.41. The number of sulfonamides is 1. The molecule has 3 aromatic rings. The van der Waals surface area contributed by atoms with Gasteiger partial charge in [0.2, 0.25) is 10.0 Å². The van der Waals surface area contributed by atoms with Gasteiger partial charge in [-0.15, -0.1) is 5.10 Å². The molecule has 0 spiro atoms. The molecule has 0 aliphatic heterocycles. The molecular formula is C19H23N5O6S. The first-order valence-corrected chi connectivity index (χ1v) is 11.1. The summed E-state index contributed by atoms with van der Waals surface area (Å²) in [6.45, 7) is 5.00. The van der Waals surface area contributed by atoms with Gasteiger partial charge in [0.25, 0.3) is 5.56 Å². The van der Waals surface area contributed by atoms with Gasteiger partial charge in [0.1, 0.15) is 18.1 Å². The van der Waals surface area contributed by atoms with Gasteiger partial charge in [-0.1, -0.05) is 6.92 Å². The van der Waals surface area contributed by atoms with Crippen molar-refractivity contribution in [2.75, 3.05) is 13.2 Å². The molecule has 0 aliphatic carbocycles. The van der Waals surface area contributed by atoms with Crippen molar-refractivity contribution in [3.8, 4) is 17.1 Å². The highest BCUT2D eigenvalue weighted by Gasteiger charge is 2.21. The lowest BCUT2D eigenvalue weighted by Gasteiger charge is -2.13. The van der Waals surface area contributed by atoms with Crippen molar-refractivity contribution in [1.82, 2.24) is 24.3 Å². The number of carboxylic acid groups (broad SMARTS) is 1. The summed E-state index contributed by atoms with van der Waals surface area (Å²) in [4.78, 5) is 30.4. The maximum absolute atomic E-state index is 12.7. The van der Waals surface area contributed by atoms with Crippen molar-refractivity contribution in [3.05, 3.63) is 40.1 Å². The number of carbonyl (C=O) groups is 1. The molecule has 0 aliphatic rings. The minimum atomic E-state index is -4.11. The maximum Gasteiger partial charge on any atom is 0.318 e.